The molecule has 0 saturated heterocycles. The van der Waals surface area contributed by atoms with Crippen molar-refractivity contribution in [2.24, 2.45) is 0 Å². The molecule has 1 heterocycles. The van der Waals surface area contributed by atoms with Crippen molar-refractivity contribution in [2.45, 2.75) is 31.7 Å². The van der Waals surface area contributed by atoms with Gasteiger partial charge >= 0.3 is 0 Å². The lowest BCUT2D eigenvalue weighted by Gasteiger charge is -2.15. The van der Waals surface area contributed by atoms with Crippen LogP contribution in [0, 0.1) is 5.82 Å². The molecule has 2 aromatic carbocycles. The van der Waals surface area contributed by atoms with E-state index in [2.05, 4.69) is 33.7 Å². The number of nitrogens with zero attached hydrogens (tertiary/aromatic N) is 1. The number of rotatable bonds is 4. The van der Waals surface area contributed by atoms with Crippen molar-refractivity contribution < 1.29 is 9.50 Å². The number of benzene rings is 2. The van der Waals surface area contributed by atoms with Crippen LogP contribution in [-0.4, -0.2) is 21.8 Å². The second-order valence-corrected chi connectivity index (χ2v) is 6.58. The third-order valence-electron chi connectivity index (χ3n) is 4.95. The van der Waals surface area contributed by atoms with Crippen LogP contribution in [0.3, 0.4) is 0 Å². The van der Waals surface area contributed by atoms with Gasteiger partial charge in [0.05, 0.1) is 11.7 Å². The number of hydrogen-bond acceptors (Lipinski definition) is 3. The quantitative estimate of drug-likeness (QED) is 0.684. The van der Waals surface area contributed by atoms with Crippen LogP contribution in [0.5, 0.6) is 5.75 Å². The summed E-state index contributed by atoms with van der Waals surface area (Å²) in [6, 6.07) is 9.07. The molecule has 3 aromatic rings. The lowest BCUT2D eigenvalue weighted by molar-refractivity contribution is 0.446. The van der Waals surface area contributed by atoms with E-state index in [1.807, 2.05) is 13.1 Å². The third kappa shape index (κ3) is 2.55. The van der Waals surface area contributed by atoms with Crippen molar-refractivity contribution in [2.75, 3.05) is 6.54 Å². The molecule has 4 nitrogen and oxygen atoms in total. The number of hydrogen-bond donors (Lipinski definition) is 3. The molecule has 1 aliphatic rings. The lowest BCUT2D eigenvalue weighted by Crippen LogP contribution is -2.22. The summed E-state index contributed by atoms with van der Waals surface area (Å²) in [6.07, 6.45) is 3.49. The van der Waals surface area contributed by atoms with E-state index in [-0.39, 0.29) is 23.5 Å². The van der Waals surface area contributed by atoms with Crippen LogP contribution in [0.1, 0.15) is 42.0 Å². The van der Waals surface area contributed by atoms with Gasteiger partial charge in [-0.25, -0.2) is 4.39 Å². The van der Waals surface area contributed by atoms with E-state index in [0.717, 1.165) is 35.9 Å². The zero-order valence-corrected chi connectivity index (χ0v) is 13.5. The molecule has 0 aliphatic heterocycles. The Balaban J connectivity index is 1.47. The Morgan fingerprint density at radius 1 is 1.29 bits per heavy atom. The Hall–Kier alpha value is -2.40. The first-order valence-electron chi connectivity index (χ1n) is 8.30. The van der Waals surface area contributed by atoms with Crippen molar-refractivity contribution in [3.05, 3.63) is 59.0 Å². The van der Waals surface area contributed by atoms with E-state index in [0.29, 0.717) is 5.56 Å². The van der Waals surface area contributed by atoms with E-state index in [1.165, 1.54) is 17.7 Å². The highest BCUT2D eigenvalue weighted by molar-refractivity contribution is 5.78. The lowest BCUT2D eigenvalue weighted by atomic mass is 10.0. The number of aromatic nitrogens is 2. The van der Waals surface area contributed by atoms with E-state index in [4.69, 9.17) is 0 Å². The maximum absolute atomic E-state index is 14.1. The molecule has 0 bridgehead atoms. The largest absolute Gasteiger partial charge is 0.508 e. The second-order valence-electron chi connectivity index (χ2n) is 6.58. The summed E-state index contributed by atoms with van der Waals surface area (Å²) < 4.78 is 14.1. The van der Waals surface area contributed by atoms with Gasteiger partial charge in [0, 0.05) is 17.0 Å². The number of phenols is 1. The zero-order chi connectivity index (χ0) is 16.7. The molecule has 124 valence electrons. The Bertz CT molecular complexity index is 889. The summed E-state index contributed by atoms with van der Waals surface area (Å²) in [5, 5.41) is 21.7. The van der Waals surface area contributed by atoms with E-state index in [9.17, 15) is 9.50 Å². The fourth-order valence-electron chi connectivity index (χ4n) is 3.77. The number of fused-ring (bicyclic) bond motifs is 2. The van der Waals surface area contributed by atoms with Crippen molar-refractivity contribution in [1.29, 1.82) is 0 Å². The summed E-state index contributed by atoms with van der Waals surface area (Å²) in [4.78, 5) is 0. The number of halogens is 1. The summed E-state index contributed by atoms with van der Waals surface area (Å²) in [5.41, 5.74) is 3.64. The van der Waals surface area contributed by atoms with Crippen LogP contribution < -0.4 is 5.32 Å². The molecular weight excluding hydrogens is 305 g/mol. The van der Waals surface area contributed by atoms with Gasteiger partial charge < -0.3 is 10.4 Å². The monoisotopic (exact) mass is 325 g/mol. The van der Waals surface area contributed by atoms with Crippen LogP contribution in [-0.2, 0) is 6.42 Å². The average molecular weight is 325 g/mol. The van der Waals surface area contributed by atoms with Gasteiger partial charge in [-0.05, 0) is 54.6 Å². The van der Waals surface area contributed by atoms with Crippen LogP contribution in [0.25, 0.3) is 10.9 Å². The molecule has 0 spiro atoms. The summed E-state index contributed by atoms with van der Waals surface area (Å²) in [7, 11) is 0. The molecule has 2 unspecified atom stereocenters. The van der Waals surface area contributed by atoms with Gasteiger partial charge in [-0.2, -0.15) is 5.10 Å². The molecular formula is C19H20FN3O. The van der Waals surface area contributed by atoms with Crippen LogP contribution >= 0.6 is 0 Å². The maximum Gasteiger partial charge on any atom is 0.127 e. The Morgan fingerprint density at radius 2 is 2.17 bits per heavy atom. The van der Waals surface area contributed by atoms with Gasteiger partial charge in [-0.3, -0.25) is 5.10 Å². The molecule has 0 amide bonds. The number of phenolic OH excluding ortho intramolecular Hbond substituents is 1. The van der Waals surface area contributed by atoms with E-state index < -0.39 is 0 Å². The number of H-pyrrole nitrogens is 1. The molecule has 2 atom stereocenters. The number of aromatic amines is 1. The molecule has 1 aliphatic carbocycles. The van der Waals surface area contributed by atoms with E-state index in [1.54, 1.807) is 0 Å². The van der Waals surface area contributed by atoms with Crippen molar-refractivity contribution in [3.8, 4) is 5.75 Å². The summed E-state index contributed by atoms with van der Waals surface area (Å²) in [6.45, 7) is 2.78. The first-order chi connectivity index (χ1) is 11.6. The second kappa shape index (κ2) is 5.91. The third-order valence-corrected chi connectivity index (χ3v) is 4.95. The molecule has 0 fully saturated rings. The average Bonchev–Trinajstić information content (AvgIpc) is 3.16. The highest BCUT2D eigenvalue weighted by Gasteiger charge is 2.32. The number of aromatic hydroxyl groups is 1. The first-order valence-corrected chi connectivity index (χ1v) is 8.30. The molecule has 4 rings (SSSR count). The normalized spacial score (nSPS) is 19.8. The highest BCUT2D eigenvalue weighted by atomic mass is 19.1. The summed E-state index contributed by atoms with van der Waals surface area (Å²) >= 11 is 0. The Kier molecular flexibility index (Phi) is 3.73. The summed E-state index contributed by atoms with van der Waals surface area (Å²) in [5.74, 6) is 0.0855. The smallest absolute Gasteiger partial charge is 0.127 e. The van der Waals surface area contributed by atoms with Gasteiger partial charge in [0.15, 0.2) is 0 Å². The highest BCUT2D eigenvalue weighted by Crippen LogP contribution is 2.45. The van der Waals surface area contributed by atoms with Crippen molar-refractivity contribution >= 4 is 10.9 Å². The molecule has 5 heteroatoms. The number of nitrogens with one attached hydrogen (secondary N) is 2. The molecule has 1 aromatic heterocycles. The van der Waals surface area contributed by atoms with Crippen LogP contribution in [0.2, 0.25) is 0 Å². The fraction of sp³-hybridized carbons (Fsp3) is 0.316. The Morgan fingerprint density at radius 3 is 3.04 bits per heavy atom. The SMILES string of the molecule is CC1CC(NCCc2ccc3cn[nH]c3c2)c2c(O)ccc(F)c21. The van der Waals surface area contributed by atoms with Crippen molar-refractivity contribution in [3.63, 3.8) is 0 Å². The maximum atomic E-state index is 14.1. The van der Waals surface area contributed by atoms with Gasteiger partial charge in [-0.15, -0.1) is 0 Å². The molecule has 0 radical (unpaired) electrons. The molecule has 24 heavy (non-hydrogen) atoms. The van der Waals surface area contributed by atoms with Gasteiger partial charge in [0.2, 0.25) is 0 Å². The van der Waals surface area contributed by atoms with Crippen LogP contribution in [0.4, 0.5) is 4.39 Å². The van der Waals surface area contributed by atoms with Crippen molar-refractivity contribution in [1.82, 2.24) is 15.5 Å². The van der Waals surface area contributed by atoms with Crippen LogP contribution in [0.15, 0.2) is 36.5 Å². The minimum atomic E-state index is -0.218. The predicted octanol–water partition coefficient (Wildman–Crippen LogP) is 3.79. The van der Waals surface area contributed by atoms with Gasteiger partial charge in [0.1, 0.15) is 11.6 Å². The first kappa shape index (κ1) is 15.1. The Labute approximate surface area is 139 Å². The predicted molar refractivity (Wildman–Crippen MR) is 91.6 cm³/mol. The molecule has 0 saturated carbocycles. The van der Waals surface area contributed by atoms with Gasteiger partial charge in [0.25, 0.3) is 0 Å². The standard InChI is InChI=1S/C19H20FN3O/c1-11-8-16(19-17(24)5-4-14(20)18(11)19)21-7-6-12-2-3-13-10-22-23-15(13)9-12/h2-5,9-11,16,21,24H,6-8H2,1H3,(H,22,23). The van der Waals surface area contributed by atoms with E-state index >= 15 is 0 Å². The molecule has 3 N–H and O–H groups in total. The van der Waals surface area contributed by atoms with Gasteiger partial charge in [-0.1, -0.05) is 19.1 Å². The zero-order valence-electron chi connectivity index (χ0n) is 13.5. The fourth-order valence-corrected chi connectivity index (χ4v) is 3.77. The topological polar surface area (TPSA) is 60.9 Å². The minimum absolute atomic E-state index is 0.00147. The minimum Gasteiger partial charge on any atom is -0.508 e.